The van der Waals surface area contributed by atoms with Crippen molar-refractivity contribution in [3.8, 4) is 0 Å². The Morgan fingerprint density at radius 2 is 2.21 bits per heavy atom. The van der Waals surface area contributed by atoms with Gasteiger partial charge in [-0.1, -0.05) is 29.8 Å². The van der Waals surface area contributed by atoms with Crippen molar-refractivity contribution < 1.29 is 14.7 Å². The van der Waals surface area contributed by atoms with Gasteiger partial charge in [0.15, 0.2) is 0 Å². The van der Waals surface area contributed by atoms with E-state index in [1.807, 2.05) is 18.2 Å². The number of rotatable bonds is 3. The third-order valence-electron chi connectivity index (χ3n) is 2.82. The molecule has 0 saturated carbocycles. The van der Waals surface area contributed by atoms with Crippen molar-refractivity contribution in [2.24, 2.45) is 0 Å². The summed E-state index contributed by atoms with van der Waals surface area (Å²) in [6, 6.07) is 6.07. The maximum Gasteiger partial charge on any atom is 0.327 e. The van der Waals surface area contributed by atoms with Crippen LogP contribution in [0, 0.1) is 0 Å². The number of benzene rings is 1. The smallest absolute Gasteiger partial charge is 0.327 e. The van der Waals surface area contributed by atoms with Gasteiger partial charge < -0.3 is 15.3 Å². The zero-order chi connectivity index (χ0) is 13.8. The summed E-state index contributed by atoms with van der Waals surface area (Å²) in [5.74, 6) is -0.155. The highest BCUT2D eigenvalue weighted by Gasteiger charge is 2.34. The number of urea groups is 1. The number of nitrogens with zero attached hydrogens (tertiary/aromatic N) is 1. The van der Waals surface area contributed by atoms with Crippen LogP contribution in [0.25, 0.3) is 0 Å². The summed E-state index contributed by atoms with van der Waals surface area (Å²) in [7, 11) is 0. The normalized spacial score (nSPS) is 18.4. The van der Waals surface area contributed by atoms with Crippen LogP contribution in [-0.2, 0) is 11.3 Å². The van der Waals surface area contributed by atoms with Crippen LogP contribution in [-0.4, -0.2) is 39.7 Å². The third-order valence-corrected chi connectivity index (χ3v) is 4.20. The molecule has 2 rings (SSSR count). The molecule has 0 bridgehead atoms. The number of aliphatic carboxylic acids is 1. The molecule has 0 radical (unpaired) electrons. The van der Waals surface area contributed by atoms with Crippen LogP contribution < -0.4 is 5.32 Å². The lowest BCUT2D eigenvalue weighted by molar-refractivity contribution is -0.140. The second-order valence-electron chi connectivity index (χ2n) is 4.07. The Morgan fingerprint density at radius 1 is 1.47 bits per heavy atom. The first kappa shape index (κ1) is 14.0. The van der Waals surface area contributed by atoms with Gasteiger partial charge in [-0.2, -0.15) is 0 Å². The minimum absolute atomic E-state index is 0.284. The van der Waals surface area contributed by atoms with E-state index in [2.05, 4.69) is 5.32 Å². The van der Waals surface area contributed by atoms with Crippen molar-refractivity contribution in [3.63, 3.8) is 0 Å². The van der Waals surface area contributed by atoms with Crippen LogP contribution in [0.2, 0.25) is 5.02 Å². The Labute approximate surface area is 119 Å². The lowest BCUT2D eigenvalue weighted by Crippen LogP contribution is -2.46. The topological polar surface area (TPSA) is 69.6 Å². The Balaban J connectivity index is 1.95. The highest BCUT2D eigenvalue weighted by molar-refractivity contribution is 7.99. The molecule has 1 fully saturated rings. The molecule has 2 N–H and O–H groups in total. The maximum atomic E-state index is 11.9. The molecule has 0 unspecified atom stereocenters. The van der Waals surface area contributed by atoms with Crippen LogP contribution in [0.3, 0.4) is 0 Å². The Kier molecular flexibility index (Phi) is 4.55. The van der Waals surface area contributed by atoms with E-state index in [4.69, 9.17) is 16.7 Å². The summed E-state index contributed by atoms with van der Waals surface area (Å²) >= 11 is 7.41. The van der Waals surface area contributed by atoms with Gasteiger partial charge in [0.05, 0.1) is 5.88 Å². The predicted octanol–water partition coefficient (Wildman–Crippen LogP) is 2.01. The molecule has 1 aliphatic rings. The molecule has 102 valence electrons. The van der Waals surface area contributed by atoms with Gasteiger partial charge in [-0.15, -0.1) is 11.8 Å². The van der Waals surface area contributed by atoms with Crippen LogP contribution in [0.15, 0.2) is 24.3 Å². The van der Waals surface area contributed by atoms with Crippen molar-refractivity contribution in [2.75, 3.05) is 11.6 Å². The average molecular weight is 301 g/mol. The third kappa shape index (κ3) is 3.33. The number of hydrogen-bond donors (Lipinski definition) is 2. The fraction of sp³-hybridized carbons (Fsp3) is 0.333. The van der Waals surface area contributed by atoms with E-state index >= 15 is 0 Å². The monoisotopic (exact) mass is 300 g/mol. The minimum Gasteiger partial charge on any atom is -0.480 e. The zero-order valence-corrected chi connectivity index (χ0v) is 11.6. The standard InChI is InChI=1S/C12H13ClN2O3S/c13-9-4-2-1-3-8(9)5-14-12(18)15-7-19-6-10(15)11(16)17/h1-4,10H,5-7H2,(H,14,18)(H,16,17)/t10-/m0/s1. The zero-order valence-electron chi connectivity index (χ0n) is 10.0. The van der Waals surface area contributed by atoms with E-state index in [-0.39, 0.29) is 12.6 Å². The fourth-order valence-corrected chi connectivity index (χ4v) is 3.11. The number of nitrogens with one attached hydrogen (secondary N) is 1. The van der Waals surface area contributed by atoms with Crippen molar-refractivity contribution >= 4 is 35.4 Å². The molecule has 1 heterocycles. The van der Waals surface area contributed by atoms with Gasteiger partial charge in [-0.05, 0) is 11.6 Å². The molecule has 7 heteroatoms. The van der Waals surface area contributed by atoms with E-state index in [0.29, 0.717) is 16.7 Å². The summed E-state index contributed by atoms with van der Waals surface area (Å²) in [6.45, 7) is 0.284. The van der Waals surface area contributed by atoms with E-state index < -0.39 is 12.0 Å². The van der Waals surface area contributed by atoms with Crippen LogP contribution in [0.4, 0.5) is 4.79 Å². The molecule has 1 saturated heterocycles. The lowest BCUT2D eigenvalue weighted by atomic mass is 10.2. The summed E-state index contributed by atoms with van der Waals surface area (Å²) in [6.07, 6.45) is 0. The first-order chi connectivity index (χ1) is 9.09. The van der Waals surface area contributed by atoms with E-state index in [1.54, 1.807) is 6.07 Å². The number of halogens is 1. The highest BCUT2D eigenvalue weighted by atomic mass is 35.5. The molecule has 0 spiro atoms. The van der Waals surface area contributed by atoms with Crippen LogP contribution >= 0.6 is 23.4 Å². The summed E-state index contributed by atoms with van der Waals surface area (Å²) < 4.78 is 0. The van der Waals surface area contributed by atoms with E-state index in [9.17, 15) is 9.59 Å². The maximum absolute atomic E-state index is 11.9. The second kappa shape index (κ2) is 6.16. The average Bonchev–Trinajstić information content (AvgIpc) is 2.87. The number of hydrogen-bond acceptors (Lipinski definition) is 3. The predicted molar refractivity (Wildman–Crippen MR) is 74.3 cm³/mol. The first-order valence-electron chi connectivity index (χ1n) is 5.68. The highest BCUT2D eigenvalue weighted by Crippen LogP contribution is 2.21. The Morgan fingerprint density at radius 3 is 2.89 bits per heavy atom. The Bertz CT molecular complexity index is 498. The van der Waals surface area contributed by atoms with E-state index in [1.165, 1.54) is 16.7 Å². The van der Waals surface area contributed by atoms with Gasteiger partial charge >= 0.3 is 12.0 Å². The summed E-state index contributed by atoms with van der Waals surface area (Å²) in [4.78, 5) is 24.3. The molecule has 1 aromatic rings. The molecule has 19 heavy (non-hydrogen) atoms. The molecule has 1 aromatic carbocycles. The second-order valence-corrected chi connectivity index (χ2v) is 5.48. The molecule has 0 aromatic heterocycles. The van der Waals surface area contributed by atoms with Gasteiger partial charge in [0, 0.05) is 17.3 Å². The number of amides is 2. The van der Waals surface area contributed by atoms with Crippen LogP contribution in [0.1, 0.15) is 5.56 Å². The van der Waals surface area contributed by atoms with Crippen molar-refractivity contribution in [1.29, 1.82) is 0 Å². The molecule has 5 nitrogen and oxygen atoms in total. The number of carboxylic acids is 1. The molecule has 1 atom stereocenters. The number of thioether (sulfide) groups is 1. The Hall–Kier alpha value is -1.40. The van der Waals surface area contributed by atoms with Crippen LogP contribution in [0.5, 0.6) is 0 Å². The van der Waals surface area contributed by atoms with E-state index in [0.717, 1.165) is 5.56 Å². The minimum atomic E-state index is -0.974. The van der Waals surface area contributed by atoms with Gasteiger partial charge in [-0.25, -0.2) is 9.59 Å². The molecular formula is C12H13ClN2O3S. The number of carbonyl (C=O) groups is 2. The summed E-state index contributed by atoms with van der Waals surface area (Å²) in [5.41, 5.74) is 0.802. The van der Waals surface area contributed by atoms with Gasteiger partial charge in [0.25, 0.3) is 0 Å². The summed E-state index contributed by atoms with van der Waals surface area (Å²) in [5, 5.41) is 12.3. The fourth-order valence-electron chi connectivity index (χ4n) is 1.76. The number of carbonyl (C=O) groups excluding carboxylic acids is 1. The molecular weight excluding hydrogens is 288 g/mol. The number of carboxylic acid groups (broad SMARTS) is 1. The van der Waals surface area contributed by atoms with Gasteiger partial charge in [0.2, 0.25) is 0 Å². The molecule has 0 aliphatic carbocycles. The molecule has 1 aliphatic heterocycles. The van der Waals surface area contributed by atoms with Crippen molar-refractivity contribution in [1.82, 2.24) is 10.2 Å². The van der Waals surface area contributed by atoms with Gasteiger partial charge in [0.1, 0.15) is 6.04 Å². The first-order valence-corrected chi connectivity index (χ1v) is 7.21. The quantitative estimate of drug-likeness (QED) is 0.896. The molecule has 2 amide bonds. The van der Waals surface area contributed by atoms with Crippen molar-refractivity contribution in [3.05, 3.63) is 34.9 Å². The lowest BCUT2D eigenvalue weighted by Gasteiger charge is -2.21. The largest absolute Gasteiger partial charge is 0.480 e. The van der Waals surface area contributed by atoms with Crippen molar-refractivity contribution in [2.45, 2.75) is 12.6 Å². The SMILES string of the molecule is O=C(O)[C@@H]1CSCN1C(=O)NCc1ccccc1Cl. The van der Waals surface area contributed by atoms with Gasteiger partial charge in [-0.3, -0.25) is 0 Å².